The smallest absolute Gasteiger partial charge is 0.181 e. The summed E-state index contributed by atoms with van der Waals surface area (Å²) in [5.41, 5.74) is 7.38. The summed E-state index contributed by atoms with van der Waals surface area (Å²) in [6.45, 7) is 0. The maximum absolute atomic E-state index is 12.2. The second kappa shape index (κ2) is 6.20. The molecule has 0 aliphatic rings. The Labute approximate surface area is 122 Å². The van der Waals surface area contributed by atoms with E-state index in [1.165, 1.54) is 0 Å². The molecule has 0 aliphatic carbocycles. The minimum Gasteiger partial charge on any atom is -0.321 e. The second-order valence-corrected chi connectivity index (χ2v) is 5.13. The van der Waals surface area contributed by atoms with Gasteiger partial charge in [0.25, 0.3) is 0 Å². The van der Waals surface area contributed by atoms with Gasteiger partial charge in [-0.1, -0.05) is 53.5 Å². The predicted octanol–water partition coefficient (Wildman–Crippen LogP) is 3.75. The summed E-state index contributed by atoms with van der Waals surface area (Å²) in [6, 6.07) is 13.8. The number of Topliss-reactive ketones (excluding diaryl/α,β-unsaturated/α-hetero) is 1. The molecule has 98 valence electrons. The van der Waals surface area contributed by atoms with Crippen LogP contribution < -0.4 is 5.73 Å². The monoisotopic (exact) mass is 293 g/mol. The zero-order valence-corrected chi connectivity index (χ0v) is 11.7. The van der Waals surface area contributed by atoms with Gasteiger partial charge in [-0.05, 0) is 30.2 Å². The molecule has 0 fully saturated rings. The molecule has 0 spiro atoms. The fourth-order valence-corrected chi connectivity index (χ4v) is 2.35. The number of halogens is 2. The lowest BCUT2D eigenvalue weighted by Crippen LogP contribution is -2.32. The molecule has 19 heavy (non-hydrogen) atoms. The number of carbonyl (C=O) groups excluding carboxylic acids is 1. The van der Waals surface area contributed by atoms with Gasteiger partial charge >= 0.3 is 0 Å². The van der Waals surface area contributed by atoms with Crippen LogP contribution in [0.15, 0.2) is 48.5 Å². The van der Waals surface area contributed by atoms with E-state index in [0.29, 0.717) is 22.0 Å². The van der Waals surface area contributed by atoms with Crippen molar-refractivity contribution in [1.29, 1.82) is 0 Å². The highest BCUT2D eigenvalue weighted by molar-refractivity contribution is 6.37. The largest absolute Gasteiger partial charge is 0.321 e. The molecule has 2 nitrogen and oxygen atoms in total. The Bertz CT molecular complexity index is 584. The molecule has 0 amide bonds. The molecule has 1 unspecified atom stereocenters. The predicted molar refractivity (Wildman–Crippen MR) is 78.9 cm³/mol. The standard InChI is InChI=1S/C15H13Cl2NO/c16-11-6-7-12(13(17)9-11)15(19)14(18)8-10-4-2-1-3-5-10/h1-7,9,14H,8,18H2. The number of hydrogen-bond donors (Lipinski definition) is 1. The summed E-state index contributed by atoms with van der Waals surface area (Å²) in [5.74, 6) is -0.175. The van der Waals surface area contributed by atoms with Crippen LogP contribution in [-0.4, -0.2) is 11.8 Å². The molecule has 0 bridgehead atoms. The van der Waals surface area contributed by atoms with E-state index >= 15 is 0 Å². The Morgan fingerprint density at radius 2 is 1.79 bits per heavy atom. The van der Waals surface area contributed by atoms with Crippen LogP contribution in [-0.2, 0) is 6.42 Å². The van der Waals surface area contributed by atoms with E-state index in [0.717, 1.165) is 5.56 Å². The fraction of sp³-hybridized carbons (Fsp3) is 0.133. The van der Waals surface area contributed by atoms with Crippen molar-refractivity contribution >= 4 is 29.0 Å². The van der Waals surface area contributed by atoms with Crippen LogP contribution in [0.4, 0.5) is 0 Å². The molecular weight excluding hydrogens is 281 g/mol. The molecule has 2 rings (SSSR count). The lowest BCUT2D eigenvalue weighted by Gasteiger charge is -2.12. The van der Waals surface area contributed by atoms with E-state index in [-0.39, 0.29) is 5.78 Å². The van der Waals surface area contributed by atoms with Gasteiger partial charge in [-0.15, -0.1) is 0 Å². The highest BCUT2D eigenvalue weighted by atomic mass is 35.5. The van der Waals surface area contributed by atoms with Gasteiger partial charge in [0.15, 0.2) is 5.78 Å². The lowest BCUT2D eigenvalue weighted by molar-refractivity contribution is 0.0961. The highest BCUT2D eigenvalue weighted by Gasteiger charge is 2.18. The Kier molecular flexibility index (Phi) is 4.59. The van der Waals surface area contributed by atoms with Crippen molar-refractivity contribution in [2.24, 2.45) is 5.73 Å². The highest BCUT2D eigenvalue weighted by Crippen LogP contribution is 2.22. The summed E-state index contributed by atoms with van der Waals surface area (Å²) in [4.78, 5) is 12.2. The molecule has 0 aromatic heterocycles. The number of ketones is 1. The molecule has 0 saturated heterocycles. The summed E-state index contributed by atoms with van der Waals surface area (Å²) < 4.78 is 0. The minimum absolute atomic E-state index is 0.175. The Balaban J connectivity index is 2.15. The Morgan fingerprint density at radius 3 is 2.42 bits per heavy atom. The van der Waals surface area contributed by atoms with Crippen LogP contribution in [0.1, 0.15) is 15.9 Å². The van der Waals surface area contributed by atoms with Crippen molar-refractivity contribution in [1.82, 2.24) is 0 Å². The first kappa shape index (κ1) is 14.1. The molecule has 1 atom stereocenters. The lowest BCUT2D eigenvalue weighted by atomic mass is 9.98. The van der Waals surface area contributed by atoms with E-state index in [2.05, 4.69) is 0 Å². The first-order valence-corrected chi connectivity index (χ1v) is 6.62. The summed E-state index contributed by atoms with van der Waals surface area (Å²) in [5, 5.41) is 0.833. The topological polar surface area (TPSA) is 43.1 Å². The molecule has 2 aromatic carbocycles. The van der Waals surface area contributed by atoms with Gasteiger partial charge in [0, 0.05) is 10.6 Å². The van der Waals surface area contributed by atoms with Gasteiger partial charge in [-0.3, -0.25) is 4.79 Å². The van der Waals surface area contributed by atoms with E-state index in [9.17, 15) is 4.79 Å². The van der Waals surface area contributed by atoms with E-state index in [4.69, 9.17) is 28.9 Å². The SMILES string of the molecule is NC(Cc1ccccc1)C(=O)c1ccc(Cl)cc1Cl. The normalized spacial score (nSPS) is 12.2. The van der Waals surface area contributed by atoms with Gasteiger partial charge in [-0.25, -0.2) is 0 Å². The third kappa shape index (κ3) is 3.57. The first-order valence-electron chi connectivity index (χ1n) is 5.86. The zero-order chi connectivity index (χ0) is 13.8. The maximum atomic E-state index is 12.2. The number of carbonyl (C=O) groups is 1. The van der Waals surface area contributed by atoms with Gasteiger partial charge in [-0.2, -0.15) is 0 Å². The Morgan fingerprint density at radius 1 is 1.11 bits per heavy atom. The minimum atomic E-state index is -0.610. The van der Waals surface area contributed by atoms with Crippen molar-refractivity contribution in [3.8, 4) is 0 Å². The van der Waals surface area contributed by atoms with E-state index in [1.807, 2.05) is 30.3 Å². The average Bonchev–Trinajstić information content (AvgIpc) is 2.39. The van der Waals surface area contributed by atoms with Gasteiger partial charge in [0.2, 0.25) is 0 Å². The first-order chi connectivity index (χ1) is 9.08. The molecule has 0 saturated carbocycles. The molecular formula is C15H13Cl2NO. The zero-order valence-electron chi connectivity index (χ0n) is 10.1. The van der Waals surface area contributed by atoms with Gasteiger partial charge in [0.1, 0.15) is 0 Å². The van der Waals surface area contributed by atoms with Crippen LogP contribution in [0, 0.1) is 0 Å². The molecule has 4 heteroatoms. The average molecular weight is 294 g/mol. The van der Waals surface area contributed by atoms with Crippen molar-refractivity contribution in [2.45, 2.75) is 12.5 Å². The third-order valence-electron chi connectivity index (χ3n) is 2.83. The van der Waals surface area contributed by atoms with Crippen molar-refractivity contribution in [3.63, 3.8) is 0 Å². The Hall–Kier alpha value is -1.35. The van der Waals surface area contributed by atoms with Crippen LogP contribution in [0.2, 0.25) is 10.0 Å². The van der Waals surface area contributed by atoms with Crippen LogP contribution in [0.25, 0.3) is 0 Å². The van der Waals surface area contributed by atoms with Crippen molar-refractivity contribution in [3.05, 3.63) is 69.7 Å². The molecule has 0 aliphatic heterocycles. The second-order valence-electron chi connectivity index (χ2n) is 4.28. The van der Waals surface area contributed by atoms with Crippen molar-refractivity contribution < 1.29 is 4.79 Å². The number of rotatable bonds is 4. The number of nitrogens with two attached hydrogens (primary N) is 1. The van der Waals surface area contributed by atoms with Crippen LogP contribution in [0.3, 0.4) is 0 Å². The summed E-state index contributed by atoms with van der Waals surface area (Å²) >= 11 is 11.8. The molecule has 2 aromatic rings. The maximum Gasteiger partial charge on any atom is 0.181 e. The van der Waals surface area contributed by atoms with E-state index < -0.39 is 6.04 Å². The third-order valence-corrected chi connectivity index (χ3v) is 3.38. The van der Waals surface area contributed by atoms with E-state index in [1.54, 1.807) is 18.2 Å². The quantitative estimate of drug-likeness (QED) is 0.873. The van der Waals surface area contributed by atoms with Crippen molar-refractivity contribution in [2.75, 3.05) is 0 Å². The molecule has 0 radical (unpaired) electrons. The molecule has 0 heterocycles. The summed E-state index contributed by atoms with van der Waals surface area (Å²) in [7, 11) is 0. The number of benzene rings is 2. The van der Waals surface area contributed by atoms with Gasteiger partial charge < -0.3 is 5.73 Å². The molecule has 2 N–H and O–H groups in total. The summed E-state index contributed by atoms with van der Waals surface area (Å²) in [6.07, 6.45) is 0.485. The van der Waals surface area contributed by atoms with Gasteiger partial charge in [0.05, 0.1) is 11.1 Å². The van der Waals surface area contributed by atoms with Crippen LogP contribution >= 0.6 is 23.2 Å². The van der Waals surface area contributed by atoms with Crippen LogP contribution in [0.5, 0.6) is 0 Å². The number of hydrogen-bond acceptors (Lipinski definition) is 2. The fourth-order valence-electron chi connectivity index (χ4n) is 1.85.